The molecule has 0 fully saturated rings. The molecule has 1 aromatic carbocycles. The van der Waals surface area contributed by atoms with E-state index in [9.17, 15) is 10.1 Å². The molecule has 0 saturated carbocycles. The van der Waals surface area contributed by atoms with Gasteiger partial charge >= 0.3 is 5.69 Å². The van der Waals surface area contributed by atoms with Crippen molar-refractivity contribution in [1.82, 2.24) is 4.98 Å². The number of rotatable bonds is 4. The lowest BCUT2D eigenvalue weighted by molar-refractivity contribution is -0.384. The molecule has 6 heteroatoms. The predicted octanol–water partition coefficient (Wildman–Crippen LogP) is 2.78. The van der Waals surface area contributed by atoms with Gasteiger partial charge in [-0.1, -0.05) is 29.8 Å². The predicted molar refractivity (Wildman–Crippen MR) is 74.1 cm³/mol. The Morgan fingerprint density at radius 2 is 2.25 bits per heavy atom. The average molecular weight is 268 g/mol. The van der Waals surface area contributed by atoms with Gasteiger partial charge in [0.2, 0.25) is 5.82 Å². The van der Waals surface area contributed by atoms with E-state index in [-0.39, 0.29) is 17.1 Å². The molecule has 20 heavy (non-hydrogen) atoms. The largest absolute Gasteiger partial charge is 0.360 e. The molecular weight excluding hydrogens is 256 g/mol. The molecule has 0 bridgehead atoms. The summed E-state index contributed by atoms with van der Waals surface area (Å²) in [6.45, 7) is 2.38. The van der Waals surface area contributed by atoms with Gasteiger partial charge in [0.1, 0.15) is 11.6 Å². The van der Waals surface area contributed by atoms with Gasteiger partial charge in [0.25, 0.3) is 0 Å². The summed E-state index contributed by atoms with van der Waals surface area (Å²) < 4.78 is 0. The molecule has 0 aliphatic rings. The van der Waals surface area contributed by atoms with Crippen LogP contribution in [0.15, 0.2) is 36.5 Å². The lowest BCUT2D eigenvalue weighted by atomic mass is 10.1. The summed E-state index contributed by atoms with van der Waals surface area (Å²) in [4.78, 5) is 14.4. The van der Waals surface area contributed by atoms with Gasteiger partial charge in [0.15, 0.2) is 0 Å². The minimum atomic E-state index is -0.593. The maximum absolute atomic E-state index is 11.0. The summed E-state index contributed by atoms with van der Waals surface area (Å²) in [5.74, 6) is 0.107. The number of anilines is 1. The lowest BCUT2D eigenvalue weighted by Gasteiger charge is -2.07. The fourth-order valence-corrected chi connectivity index (χ4v) is 1.87. The molecule has 0 aliphatic heterocycles. The Morgan fingerprint density at radius 3 is 2.90 bits per heavy atom. The monoisotopic (exact) mass is 268 g/mol. The van der Waals surface area contributed by atoms with E-state index >= 15 is 0 Å². The molecule has 0 amide bonds. The van der Waals surface area contributed by atoms with Crippen molar-refractivity contribution in [3.63, 3.8) is 0 Å². The van der Waals surface area contributed by atoms with E-state index < -0.39 is 4.92 Å². The van der Waals surface area contributed by atoms with Gasteiger partial charge < -0.3 is 5.32 Å². The maximum atomic E-state index is 11.0. The molecule has 1 heterocycles. The van der Waals surface area contributed by atoms with E-state index in [4.69, 9.17) is 5.26 Å². The zero-order valence-electron chi connectivity index (χ0n) is 10.8. The van der Waals surface area contributed by atoms with Gasteiger partial charge in [-0.2, -0.15) is 5.26 Å². The van der Waals surface area contributed by atoms with Crippen molar-refractivity contribution in [3.8, 4) is 6.07 Å². The molecule has 2 aromatic rings. The molecule has 1 N–H and O–H groups in total. The molecule has 0 atom stereocenters. The van der Waals surface area contributed by atoms with Crippen LogP contribution in [-0.2, 0) is 6.54 Å². The van der Waals surface area contributed by atoms with E-state index in [0.717, 1.165) is 11.1 Å². The molecule has 2 rings (SSSR count). The van der Waals surface area contributed by atoms with E-state index in [0.29, 0.717) is 6.54 Å². The second kappa shape index (κ2) is 5.80. The zero-order valence-corrected chi connectivity index (χ0v) is 10.8. The van der Waals surface area contributed by atoms with Crippen molar-refractivity contribution in [2.75, 3.05) is 5.32 Å². The number of nitrogens with one attached hydrogen (secondary N) is 1. The van der Waals surface area contributed by atoms with E-state index in [2.05, 4.69) is 10.3 Å². The number of pyridine rings is 1. The summed E-state index contributed by atoms with van der Waals surface area (Å²) in [6.07, 6.45) is 1.38. The van der Waals surface area contributed by atoms with Crippen LogP contribution in [0.3, 0.4) is 0 Å². The molecule has 1 aromatic heterocycles. The topological polar surface area (TPSA) is 91.8 Å². The van der Waals surface area contributed by atoms with Crippen molar-refractivity contribution < 1.29 is 4.92 Å². The first kappa shape index (κ1) is 13.5. The first-order valence-corrected chi connectivity index (χ1v) is 5.94. The van der Waals surface area contributed by atoms with Gasteiger partial charge in [-0.3, -0.25) is 10.1 Å². The fourth-order valence-electron chi connectivity index (χ4n) is 1.87. The van der Waals surface area contributed by atoms with E-state index in [1.54, 1.807) is 6.07 Å². The quantitative estimate of drug-likeness (QED) is 0.680. The Labute approximate surface area is 115 Å². The Morgan fingerprint density at radius 1 is 1.45 bits per heavy atom. The zero-order chi connectivity index (χ0) is 14.5. The standard InChI is InChI=1S/C14H12N4O2/c1-10-3-2-4-11(7-10)9-17-14-13(18(19)20)12(8-15)5-6-16-14/h2-7H,9H2,1H3,(H,16,17). The highest BCUT2D eigenvalue weighted by atomic mass is 16.6. The van der Waals surface area contributed by atoms with Crippen LogP contribution in [0.5, 0.6) is 0 Å². The third-order valence-electron chi connectivity index (χ3n) is 2.77. The summed E-state index contributed by atoms with van der Waals surface area (Å²) in [7, 11) is 0. The lowest BCUT2D eigenvalue weighted by Crippen LogP contribution is -2.06. The van der Waals surface area contributed by atoms with Crippen LogP contribution in [0.4, 0.5) is 11.5 Å². The Kier molecular flexibility index (Phi) is 3.91. The number of aryl methyl sites for hydroxylation is 1. The van der Waals surface area contributed by atoms with E-state index in [1.165, 1.54) is 12.3 Å². The number of nitriles is 1. The average Bonchev–Trinajstić information content (AvgIpc) is 2.44. The number of benzene rings is 1. The number of nitro groups is 1. The number of aromatic nitrogens is 1. The minimum absolute atomic E-state index is 0.00302. The van der Waals surface area contributed by atoms with Crippen molar-refractivity contribution in [3.05, 3.63) is 63.3 Å². The Balaban J connectivity index is 2.26. The molecule has 0 spiro atoms. The van der Waals surface area contributed by atoms with Crippen LogP contribution in [0.2, 0.25) is 0 Å². The third-order valence-corrected chi connectivity index (χ3v) is 2.77. The second-order valence-electron chi connectivity index (χ2n) is 4.27. The molecular formula is C14H12N4O2. The van der Waals surface area contributed by atoms with Crippen LogP contribution in [0.1, 0.15) is 16.7 Å². The smallest absolute Gasteiger partial charge is 0.328 e. The first-order valence-electron chi connectivity index (χ1n) is 5.94. The number of nitrogens with zero attached hydrogens (tertiary/aromatic N) is 3. The van der Waals surface area contributed by atoms with Crippen LogP contribution in [-0.4, -0.2) is 9.91 Å². The van der Waals surface area contributed by atoms with Crippen molar-refractivity contribution >= 4 is 11.5 Å². The van der Waals surface area contributed by atoms with Gasteiger partial charge in [0, 0.05) is 12.7 Å². The Bertz CT molecular complexity index is 692. The minimum Gasteiger partial charge on any atom is -0.360 e. The van der Waals surface area contributed by atoms with Gasteiger partial charge in [-0.15, -0.1) is 0 Å². The normalized spacial score (nSPS) is 9.80. The van der Waals surface area contributed by atoms with Crippen molar-refractivity contribution in [2.45, 2.75) is 13.5 Å². The molecule has 0 unspecified atom stereocenters. The van der Waals surface area contributed by atoms with Crippen LogP contribution in [0.25, 0.3) is 0 Å². The van der Waals surface area contributed by atoms with Gasteiger partial charge in [0.05, 0.1) is 4.92 Å². The first-order chi connectivity index (χ1) is 9.61. The highest BCUT2D eigenvalue weighted by Crippen LogP contribution is 2.26. The van der Waals surface area contributed by atoms with Crippen molar-refractivity contribution in [2.24, 2.45) is 0 Å². The summed E-state index contributed by atoms with van der Waals surface area (Å²) in [5, 5.41) is 22.9. The van der Waals surface area contributed by atoms with Crippen LogP contribution in [0, 0.1) is 28.4 Å². The highest BCUT2D eigenvalue weighted by Gasteiger charge is 2.20. The number of hydrogen-bond donors (Lipinski definition) is 1. The Hall–Kier alpha value is -2.94. The summed E-state index contributed by atoms with van der Waals surface area (Å²) in [5.41, 5.74) is 1.81. The number of hydrogen-bond acceptors (Lipinski definition) is 5. The van der Waals surface area contributed by atoms with Crippen LogP contribution < -0.4 is 5.32 Å². The van der Waals surface area contributed by atoms with Crippen LogP contribution >= 0.6 is 0 Å². The second-order valence-corrected chi connectivity index (χ2v) is 4.27. The third kappa shape index (κ3) is 2.90. The molecule has 6 nitrogen and oxygen atoms in total. The molecule has 0 aliphatic carbocycles. The molecule has 0 saturated heterocycles. The van der Waals surface area contributed by atoms with Crippen molar-refractivity contribution in [1.29, 1.82) is 5.26 Å². The molecule has 100 valence electrons. The van der Waals surface area contributed by atoms with E-state index in [1.807, 2.05) is 31.2 Å². The summed E-state index contributed by atoms with van der Waals surface area (Å²) >= 11 is 0. The molecule has 0 radical (unpaired) electrons. The fraction of sp³-hybridized carbons (Fsp3) is 0.143. The van der Waals surface area contributed by atoms with Gasteiger partial charge in [-0.05, 0) is 18.6 Å². The summed E-state index contributed by atoms with van der Waals surface area (Å²) in [6, 6.07) is 10.9. The van der Waals surface area contributed by atoms with Gasteiger partial charge in [-0.25, -0.2) is 4.98 Å². The maximum Gasteiger partial charge on any atom is 0.328 e. The SMILES string of the molecule is Cc1cccc(CNc2nccc(C#N)c2[N+](=O)[O-])c1. The highest BCUT2D eigenvalue weighted by molar-refractivity contribution is 5.64.